The molecule has 0 aromatic heterocycles. The van der Waals surface area contributed by atoms with Crippen molar-refractivity contribution in [3.05, 3.63) is 0 Å². The van der Waals surface area contributed by atoms with E-state index in [4.69, 9.17) is 10.5 Å². The summed E-state index contributed by atoms with van der Waals surface area (Å²) in [4.78, 5) is 17.7. The van der Waals surface area contributed by atoms with Crippen molar-refractivity contribution in [3.63, 3.8) is 0 Å². The van der Waals surface area contributed by atoms with Crippen LogP contribution in [0.1, 0.15) is 59.3 Å². The molecule has 2 heterocycles. The quantitative estimate of drug-likeness (QED) is 0.775. The SMILES string of the molecule is CCOC1CC(N)(C(=O)N2CCC(N3CCCCC3)CC2)C1(C)C.Cl.Cl. The Hall–Kier alpha value is -0.0700. The molecule has 1 aliphatic carbocycles. The highest BCUT2D eigenvalue weighted by Gasteiger charge is 2.63. The number of hydrogen-bond acceptors (Lipinski definition) is 4. The summed E-state index contributed by atoms with van der Waals surface area (Å²) >= 11 is 0. The van der Waals surface area contributed by atoms with Crippen LogP contribution in [0.4, 0.5) is 0 Å². The number of carbonyl (C=O) groups excluding carboxylic acids is 1. The molecule has 2 unspecified atom stereocenters. The van der Waals surface area contributed by atoms with Gasteiger partial charge in [-0.15, -0.1) is 24.8 Å². The molecule has 5 nitrogen and oxygen atoms in total. The Morgan fingerprint density at radius 3 is 2.15 bits per heavy atom. The van der Waals surface area contributed by atoms with Gasteiger partial charge in [-0.1, -0.05) is 20.3 Å². The summed E-state index contributed by atoms with van der Waals surface area (Å²) in [7, 11) is 0. The van der Waals surface area contributed by atoms with Crippen molar-refractivity contribution in [2.24, 2.45) is 11.1 Å². The average Bonchev–Trinajstić information content (AvgIpc) is 2.61. The number of nitrogens with zero attached hydrogens (tertiary/aromatic N) is 2. The first-order chi connectivity index (χ1) is 11.4. The van der Waals surface area contributed by atoms with Gasteiger partial charge in [-0.2, -0.15) is 0 Å². The molecule has 0 aromatic rings. The van der Waals surface area contributed by atoms with E-state index in [1.165, 1.54) is 32.4 Å². The number of halogens is 2. The third-order valence-corrected chi connectivity index (χ3v) is 6.87. The van der Waals surface area contributed by atoms with E-state index in [1.54, 1.807) is 0 Å². The van der Waals surface area contributed by atoms with Crippen molar-refractivity contribution >= 4 is 30.7 Å². The molecule has 2 saturated heterocycles. The van der Waals surface area contributed by atoms with Gasteiger partial charge in [0.2, 0.25) is 5.91 Å². The molecule has 1 saturated carbocycles. The number of piperidine rings is 2. The average molecular weight is 410 g/mol. The third-order valence-electron chi connectivity index (χ3n) is 6.87. The molecule has 3 rings (SSSR count). The van der Waals surface area contributed by atoms with Crippen LogP contribution in [0.25, 0.3) is 0 Å². The molecule has 1 amide bonds. The maximum absolute atomic E-state index is 13.1. The molecule has 3 aliphatic rings. The van der Waals surface area contributed by atoms with Gasteiger partial charge < -0.3 is 20.3 Å². The number of hydrogen-bond donors (Lipinski definition) is 1. The normalized spacial score (nSPS) is 32.2. The number of nitrogens with two attached hydrogens (primary N) is 1. The lowest BCUT2D eigenvalue weighted by Gasteiger charge is -2.59. The molecule has 0 bridgehead atoms. The summed E-state index contributed by atoms with van der Waals surface area (Å²) in [6.07, 6.45) is 6.98. The smallest absolute Gasteiger partial charge is 0.243 e. The molecule has 2 aliphatic heterocycles. The molecule has 26 heavy (non-hydrogen) atoms. The Bertz CT molecular complexity index is 464. The van der Waals surface area contributed by atoms with Gasteiger partial charge in [0.05, 0.1) is 6.10 Å². The van der Waals surface area contributed by atoms with Gasteiger partial charge in [0.15, 0.2) is 0 Å². The van der Waals surface area contributed by atoms with E-state index < -0.39 is 5.54 Å². The third kappa shape index (κ3) is 4.17. The highest BCUT2D eigenvalue weighted by atomic mass is 35.5. The van der Waals surface area contributed by atoms with Crippen molar-refractivity contribution in [1.29, 1.82) is 0 Å². The van der Waals surface area contributed by atoms with E-state index in [-0.39, 0.29) is 42.2 Å². The van der Waals surface area contributed by atoms with Gasteiger partial charge in [0.25, 0.3) is 0 Å². The van der Waals surface area contributed by atoms with Crippen molar-refractivity contribution < 1.29 is 9.53 Å². The Morgan fingerprint density at radius 1 is 1.08 bits per heavy atom. The van der Waals surface area contributed by atoms with Crippen LogP contribution in [-0.2, 0) is 9.53 Å². The predicted octanol–water partition coefficient (Wildman–Crippen LogP) is 2.84. The number of rotatable bonds is 4. The predicted molar refractivity (Wildman–Crippen MR) is 110 cm³/mol. The maximum atomic E-state index is 13.1. The lowest BCUT2D eigenvalue weighted by Crippen LogP contribution is -2.76. The van der Waals surface area contributed by atoms with Gasteiger partial charge in [-0.25, -0.2) is 0 Å². The van der Waals surface area contributed by atoms with E-state index in [0.717, 1.165) is 25.9 Å². The van der Waals surface area contributed by atoms with E-state index >= 15 is 0 Å². The Labute approximate surface area is 171 Å². The van der Waals surface area contributed by atoms with E-state index in [1.807, 2.05) is 11.8 Å². The Balaban J connectivity index is 0.00000169. The lowest BCUT2D eigenvalue weighted by molar-refractivity contribution is -0.180. The van der Waals surface area contributed by atoms with Crippen LogP contribution >= 0.6 is 24.8 Å². The van der Waals surface area contributed by atoms with Crippen LogP contribution < -0.4 is 5.73 Å². The molecule has 3 fully saturated rings. The van der Waals surface area contributed by atoms with Crippen LogP contribution in [0.3, 0.4) is 0 Å². The fourth-order valence-electron chi connectivity index (χ4n) is 4.80. The van der Waals surface area contributed by atoms with E-state index in [9.17, 15) is 4.79 Å². The van der Waals surface area contributed by atoms with Crippen LogP contribution in [0.2, 0.25) is 0 Å². The minimum absolute atomic E-state index is 0. The summed E-state index contributed by atoms with van der Waals surface area (Å²) in [5.41, 5.74) is 5.52. The summed E-state index contributed by atoms with van der Waals surface area (Å²) < 4.78 is 5.77. The highest BCUT2D eigenvalue weighted by Crippen LogP contribution is 2.50. The fourth-order valence-corrected chi connectivity index (χ4v) is 4.80. The molecule has 0 aromatic carbocycles. The summed E-state index contributed by atoms with van der Waals surface area (Å²) in [6, 6.07) is 0.661. The second-order valence-electron chi connectivity index (χ2n) is 8.46. The Kier molecular flexibility index (Phi) is 8.68. The van der Waals surface area contributed by atoms with E-state index in [0.29, 0.717) is 19.1 Å². The molecule has 154 valence electrons. The van der Waals surface area contributed by atoms with Crippen molar-refractivity contribution in [3.8, 4) is 0 Å². The molecular formula is C19H37Cl2N3O2. The maximum Gasteiger partial charge on any atom is 0.243 e. The van der Waals surface area contributed by atoms with Gasteiger partial charge in [0, 0.05) is 37.6 Å². The second kappa shape index (κ2) is 9.42. The zero-order valence-corrected chi connectivity index (χ0v) is 18.2. The molecule has 7 heteroatoms. The number of likely N-dealkylation sites (tertiary alicyclic amines) is 2. The van der Waals surface area contributed by atoms with Crippen LogP contribution in [0, 0.1) is 5.41 Å². The summed E-state index contributed by atoms with van der Waals surface area (Å²) in [5, 5.41) is 0. The first kappa shape index (κ1) is 24.0. The van der Waals surface area contributed by atoms with Gasteiger partial charge in [0.1, 0.15) is 5.54 Å². The zero-order chi connectivity index (χ0) is 17.4. The first-order valence-corrected chi connectivity index (χ1v) is 9.84. The molecular weight excluding hydrogens is 373 g/mol. The number of amides is 1. The topological polar surface area (TPSA) is 58.8 Å². The largest absolute Gasteiger partial charge is 0.378 e. The number of carbonyl (C=O) groups is 1. The van der Waals surface area contributed by atoms with Gasteiger partial charge in [-0.3, -0.25) is 4.79 Å². The zero-order valence-electron chi connectivity index (χ0n) is 16.5. The second-order valence-corrected chi connectivity index (χ2v) is 8.46. The van der Waals surface area contributed by atoms with Crippen LogP contribution in [0.15, 0.2) is 0 Å². The fraction of sp³-hybridized carbons (Fsp3) is 0.947. The minimum Gasteiger partial charge on any atom is -0.378 e. The highest BCUT2D eigenvalue weighted by molar-refractivity contribution is 5.89. The first-order valence-electron chi connectivity index (χ1n) is 9.84. The summed E-state index contributed by atoms with van der Waals surface area (Å²) in [5.74, 6) is 0.139. The Morgan fingerprint density at radius 2 is 1.65 bits per heavy atom. The van der Waals surface area contributed by atoms with Crippen molar-refractivity contribution in [2.75, 3.05) is 32.8 Å². The standard InChI is InChI=1S/C19H35N3O2.2ClH/c1-4-24-16-14-19(20,18(16,2)3)17(23)22-12-8-15(9-13-22)21-10-6-5-7-11-21;;/h15-16H,4-14,20H2,1-3H3;2*1H. The van der Waals surface area contributed by atoms with Crippen LogP contribution in [-0.4, -0.2) is 66.2 Å². The van der Waals surface area contributed by atoms with Crippen molar-refractivity contribution in [1.82, 2.24) is 9.80 Å². The van der Waals surface area contributed by atoms with Gasteiger partial charge in [-0.05, 0) is 45.7 Å². The molecule has 0 radical (unpaired) electrons. The molecule has 0 spiro atoms. The van der Waals surface area contributed by atoms with Gasteiger partial charge >= 0.3 is 0 Å². The molecule has 2 N–H and O–H groups in total. The van der Waals surface area contributed by atoms with Crippen molar-refractivity contribution in [2.45, 2.75) is 77.0 Å². The number of ether oxygens (including phenoxy) is 1. The molecule has 2 atom stereocenters. The lowest BCUT2D eigenvalue weighted by atomic mass is 9.54. The monoisotopic (exact) mass is 409 g/mol. The van der Waals surface area contributed by atoms with Crippen LogP contribution in [0.5, 0.6) is 0 Å². The minimum atomic E-state index is -0.759. The van der Waals surface area contributed by atoms with E-state index in [2.05, 4.69) is 18.7 Å². The summed E-state index contributed by atoms with van der Waals surface area (Å²) in [6.45, 7) is 11.0.